The number of hydrogen-bond donors (Lipinski definition) is 2. The first-order valence-corrected chi connectivity index (χ1v) is 7.75. The third-order valence-electron chi connectivity index (χ3n) is 2.07. The molecule has 0 unspecified atom stereocenters. The van der Waals surface area contributed by atoms with Crippen LogP contribution in [0.25, 0.3) is 0 Å². The number of rotatable bonds is 6. The van der Waals surface area contributed by atoms with Crippen LogP contribution in [0, 0.1) is 0 Å². The third-order valence-corrected chi connectivity index (χ3v) is 4.15. The van der Waals surface area contributed by atoms with Gasteiger partial charge in [-0.05, 0) is 25.4 Å². The lowest BCUT2D eigenvalue weighted by molar-refractivity contribution is 0.588. The van der Waals surface area contributed by atoms with Crippen molar-refractivity contribution >= 4 is 27.5 Å². The Balaban J connectivity index is 2.92. The summed E-state index contributed by atoms with van der Waals surface area (Å²) in [5, 5.41) is 3.11. The fourth-order valence-corrected chi connectivity index (χ4v) is 2.46. The first-order valence-electron chi connectivity index (χ1n) is 4.87. The maximum Gasteiger partial charge on any atom is 0.242 e. The molecular weight excluding hydrogens is 244 g/mol. The summed E-state index contributed by atoms with van der Waals surface area (Å²) >= 11 is 1.71. The summed E-state index contributed by atoms with van der Waals surface area (Å²) in [7, 11) is -1.97. The smallest absolute Gasteiger partial charge is 0.242 e. The van der Waals surface area contributed by atoms with E-state index in [0.717, 1.165) is 12.3 Å². The monoisotopic (exact) mass is 260 g/mol. The molecule has 0 saturated carbocycles. The molecular formula is C10H16N2O2S2. The van der Waals surface area contributed by atoms with Crippen LogP contribution < -0.4 is 10.0 Å². The van der Waals surface area contributed by atoms with E-state index in [4.69, 9.17) is 0 Å². The van der Waals surface area contributed by atoms with Gasteiger partial charge in [-0.1, -0.05) is 12.1 Å². The topological polar surface area (TPSA) is 58.2 Å². The van der Waals surface area contributed by atoms with Gasteiger partial charge in [0.1, 0.15) is 4.90 Å². The summed E-state index contributed by atoms with van der Waals surface area (Å²) in [6.07, 6.45) is 2.01. The van der Waals surface area contributed by atoms with E-state index >= 15 is 0 Å². The zero-order valence-electron chi connectivity index (χ0n) is 9.36. The Morgan fingerprint density at radius 2 is 2.00 bits per heavy atom. The number of benzene rings is 1. The molecule has 0 aliphatic carbocycles. The summed E-state index contributed by atoms with van der Waals surface area (Å²) in [5.74, 6) is 0.938. The zero-order valence-corrected chi connectivity index (χ0v) is 11.0. The highest BCUT2D eigenvalue weighted by Crippen LogP contribution is 2.20. The van der Waals surface area contributed by atoms with E-state index in [1.807, 2.05) is 12.3 Å². The van der Waals surface area contributed by atoms with Crippen LogP contribution in [0.5, 0.6) is 0 Å². The van der Waals surface area contributed by atoms with Gasteiger partial charge in [0.15, 0.2) is 0 Å². The van der Waals surface area contributed by atoms with Crippen LogP contribution in [0.2, 0.25) is 0 Å². The molecule has 6 heteroatoms. The van der Waals surface area contributed by atoms with Gasteiger partial charge < -0.3 is 5.32 Å². The van der Waals surface area contributed by atoms with Crippen LogP contribution in [0.4, 0.5) is 5.69 Å². The van der Waals surface area contributed by atoms with Crippen molar-refractivity contribution < 1.29 is 8.42 Å². The quantitative estimate of drug-likeness (QED) is 0.759. The van der Waals surface area contributed by atoms with Crippen molar-refractivity contribution in [1.29, 1.82) is 0 Å². The van der Waals surface area contributed by atoms with Crippen molar-refractivity contribution in [1.82, 2.24) is 4.72 Å². The maximum atomic E-state index is 11.7. The zero-order chi connectivity index (χ0) is 12.0. The van der Waals surface area contributed by atoms with Crippen molar-refractivity contribution in [2.45, 2.75) is 4.90 Å². The van der Waals surface area contributed by atoms with Gasteiger partial charge in [-0.2, -0.15) is 11.8 Å². The van der Waals surface area contributed by atoms with E-state index in [9.17, 15) is 8.42 Å². The molecule has 0 fully saturated rings. The Labute approximate surface area is 101 Å². The largest absolute Gasteiger partial charge is 0.383 e. The minimum atomic E-state index is -3.39. The number of para-hydroxylation sites is 1. The standard InChI is InChI=1S/C10H16N2O2S2/c1-11-16(13,14)10-6-4-3-5-9(10)12-7-8-15-2/h3-6,11-12H,7-8H2,1-2H3. The number of hydrogen-bond acceptors (Lipinski definition) is 4. The minimum Gasteiger partial charge on any atom is -0.383 e. The molecule has 0 aliphatic rings. The molecule has 0 bridgehead atoms. The fraction of sp³-hybridized carbons (Fsp3) is 0.400. The Hall–Kier alpha value is -0.720. The maximum absolute atomic E-state index is 11.7. The highest BCUT2D eigenvalue weighted by Gasteiger charge is 2.15. The molecule has 2 N–H and O–H groups in total. The fourth-order valence-electron chi connectivity index (χ4n) is 1.24. The highest BCUT2D eigenvalue weighted by molar-refractivity contribution is 7.98. The van der Waals surface area contributed by atoms with Crippen molar-refractivity contribution in [3.63, 3.8) is 0 Å². The molecule has 90 valence electrons. The second-order valence-electron chi connectivity index (χ2n) is 3.12. The van der Waals surface area contributed by atoms with Gasteiger partial charge in [-0.3, -0.25) is 0 Å². The van der Waals surface area contributed by atoms with Crippen LogP contribution in [-0.2, 0) is 10.0 Å². The van der Waals surface area contributed by atoms with Crippen LogP contribution in [-0.4, -0.2) is 34.0 Å². The number of anilines is 1. The molecule has 4 nitrogen and oxygen atoms in total. The van der Waals surface area contributed by atoms with Crippen molar-refractivity contribution in [2.24, 2.45) is 0 Å². The number of sulfonamides is 1. The lowest BCUT2D eigenvalue weighted by Gasteiger charge is -2.11. The van der Waals surface area contributed by atoms with E-state index in [-0.39, 0.29) is 0 Å². The molecule has 1 aromatic carbocycles. The molecule has 16 heavy (non-hydrogen) atoms. The van der Waals surface area contributed by atoms with Gasteiger partial charge >= 0.3 is 0 Å². The van der Waals surface area contributed by atoms with Crippen LogP contribution in [0.1, 0.15) is 0 Å². The van der Waals surface area contributed by atoms with Gasteiger partial charge in [0.25, 0.3) is 0 Å². The SMILES string of the molecule is CNS(=O)(=O)c1ccccc1NCCSC. The number of thioether (sulfide) groups is 1. The predicted octanol–water partition coefficient (Wildman–Crippen LogP) is 1.37. The number of nitrogens with one attached hydrogen (secondary N) is 2. The molecule has 1 rings (SSSR count). The Morgan fingerprint density at radius 3 is 2.62 bits per heavy atom. The summed E-state index contributed by atoms with van der Waals surface area (Å²) < 4.78 is 25.7. The second-order valence-corrected chi connectivity index (χ2v) is 5.96. The lowest BCUT2D eigenvalue weighted by Crippen LogP contribution is -2.20. The molecule has 0 aliphatic heterocycles. The van der Waals surface area contributed by atoms with E-state index in [2.05, 4.69) is 10.0 Å². The second kappa shape index (κ2) is 6.12. The first-order chi connectivity index (χ1) is 7.61. The highest BCUT2D eigenvalue weighted by atomic mass is 32.2. The molecule has 0 radical (unpaired) electrons. The van der Waals surface area contributed by atoms with Crippen molar-refractivity contribution in [3.05, 3.63) is 24.3 Å². The van der Waals surface area contributed by atoms with Gasteiger partial charge in [0.2, 0.25) is 10.0 Å². The Kier molecular flexibility index (Phi) is 5.11. The molecule has 0 amide bonds. The van der Waals surface area contributed by atoms with E-state index in [1.54, 1.807) is 30.0 Å². The van der Waals surface area contributed by atoms with Crippen molar-refractivity contribution in [2.75, 3.05) is 30.9 Å². The Bertz CT molecular complexity index is 432. The van der Waals surface area contributed by atoms with Crippen molar-refractivity contribution in [3.8, 4) is 0 Å². The average Bonchev–Trinajstić information content (AvgIpc) is 2.30. The van der Waals surface area contributed by atoms with Crippen LogP contribution in [0.15, 0.2) is 29.2 Å². The predicted molar refractivity (Wildman–Crippen MR) is 69.6 cm³/mol. The summed E-state index contributed by atoms with van der Waals surface area (Å²) in [6, 6.07) is 6.89. The van der Waals surface area contributed by atoms with Crippen LogP contribution in [0.3, 0.4) is 0 Å². The van der Waals surface area contributed by atoms with Gasteiger partial charge in [0.05, 0.1) is 5.69 Å². The molecule has 1 aromatic rings. The summed E-state index contributed by atoms with van der Waals surface area (Å²) in [6.45, 7) is 0.747. The summed E-state index contributed by atoms with van der Waals surface area (Å²) in [4.78, 5) is 0.290. The van der Waals surface area contributed by atoms with Gasteiger partial charge in [-0.25, -0.2) is 13.1 Å². The first kappa shape index (κ1) is 13.3. The molecule has 0 atom stereocenters. The average molecular weight is 260 g/mol. The molecule has 0 aromatic heterocycles. The lowest BCUT2D eigenvalue weighted by atomic mass is 10.3. The minimum absolute atomic E-state index is 0.290. The van der Waals surface area contributed by atoms with E-state index < -0.39 is 10.0 Å². The molecule has 0 spiro atoms. The molecule has 0 saturated heterocycles. The van der Waals surface area contributed by atoms with Gasteiger partial charge in [0, 0.05) is 12.3 Å². The summed E-state index contributed by atoms with van der Waals surface area (Å²) in [5.41, 5.74) is 0.644. The van der Waals surface area contributed by atoms with E-state index in [1.165, 1.54) is 7.05 Å². The van der Waals surface area contributed by atoms with E-state index in [0.29, 0.717) is 10.6 Å². The Morgan fingerprint density at radius 1 is 1.31 bits per heavy atom. The van der Waals surface area contributed by atoms with Gasteiger partial charge in [-0.15, -0.1) is 0 Å². The third kappa shape index (κ3) is 3.40. The normalized spacial score (nSPS) is 11.4. The molecule has 0 heterocycles. The van der Waals surface area contributed by atoms with Crippen LogP contribution >= 0.6 is 11.8 Å².